The van der Waals surface area contributed by atoms with Gasteiger partial charge in [0, 0.05) is 0 Å². The Balaban J connectivity index is 2.79. The average molecular weight is 252 g/mol. The summed E-state index contributed by atoms with van der Waals surface area (Å²) in [4.78, 5) is 10.9. The zero-order valence-corrected chi connectivity index (χ0v) is 8.85. The third-order valence-corrected chi connectivity index (χ3v) is 2.52. The van der Waals surface area contributed by atoms with Crippen molar-refractivity contribution in [2.45, 2.75) is 5.92 Å². The molecule has 16 heavy (non-hydrogen) atoms. The fourth-order valence-corrected chi connectivity index (χ4v) is 1.64. The van der Waals surface area contributed by atoms with Crippen molar-refractivity contribution in [1.82, 2.24) is 4.37 Å². The topological polar surface area (TPSA) is 114 Å². The molecule has 0 bridgehead atoms. The number of nitrogens with one attached hydrogen (secondary N) is 1. The summed E-state index contributed by atoms with van der Waals surface area (Å²) in [5.74, 6) is -4.23. The van der Waals surface area contributed by atoms with Crippen LogP contribution in [0.3, 0.4) is 0 Å². The summed E-state index contributed by atoms with van der Waals surface area (Å²) in [6.07, 6.45) is 0. The number of anilines is 2. The van der Waals surface area contributed by atoms with Crippen LogP contribution in [0.2, 0.25) is 0 Å². The molecule has 0 atom stereocenters. The lowest BCUT2D eigenvalue weighted by Gasteiger charge is -2.13. The number of aliphatic hydroxyl groups is 1. The number of hydrogen-bond donors (Lipinski definition) is 4. The number of aliphatic hydroxyl groups excluding tert-OH is 1. The van der Waals surface area contributed by atoms with E-state index in [0.29, 0.717) is 0 Å². The zero-order chi connectivity index (χ0) is 12.3. The van der Waals surface area contributed by atoms with Gasteiger partial charge in [-0.15, -0.1) is 0 Å². The van der Waals surface area contributed by atoms with Gasteiger partial charge in [0.1, 0.15) is 17.2 Å². The van der Waals surface area contributed by atoms with Crippen LogP contribution in [0.5, 0.6) is 0 Å². The molecular weight excluding hydrogens is 242 g/mol. The molecule has 1 heterocycles. The van der Waals surface area contributed by atoms with Crippen molar-refractivity contribution in [1.29, 1.82) is 0 Å². The first kappa shape index (κ1) is 12.6. The van der Waals surface area contributed by atoms with Crippen LogP contribution in [0.4, 0.5) is 19.6 Å². The highest BCUT2D eigenvalue weighted by molar-refractivity contribution is 7.11. The Bertz CT molecular complexity index is 396. The van der Waals surface area contributed by atoms with Crippen LogP contribution in [0.25, 0.3) is 0 Å². The first-order chi connectivity index (χ1) is 7.37. The van der Waals surface area contributed by atoms with E-state index in [4.69, 9.17) is 16.6 Å². The van der Waals surface area contributed by atoms with Crippen LogP contribution in [-0.4, -0.2) is 34.5 Å². The summed E-state index contributed by atoms with van der Waals surface area (Å²) in [5.41, 5.74) is 10.2. The van der Waals surface area contributed by atoms with Gasteiger partial charge in [0.15, 0.2) is 5.82 Å². The Kier molecular flexibility index (Phi) is 3.60. The van der Waals surface area contributed by atoms with Crippen molar-refractivity contribution in [3.63, 3.8) is 0 Å². The van der Waals surface area contributed by atoms with Gasteiger partial charge in [0.25, 0.3) is 11.8 Å². The van der Waals surface area contributed by atoms with Gasteiger partial charge in [-0.2, -0.15) is 4.37 Å². The first-order valence-electron chi connectivity index (χ1n) is 4.15. The number of hydrogen-bond acceptors (Lipinski definition) is 6. The van der Waals surface area contributed by atoms with Crippen LogP contribution >= 0.6 is 11.5 Å². The second-order valence-corrected chi connectivity index (χ2v) is 3.78. The minimum atomic E-state index is -3.28. The van der Waals surface area contributed by atoms with E-state index in [1.54, 1.807) is 0 Å². The van der Waals surface area contributed by atoms with E-state index >= 15 is 0 Å². The van der Waals surface area contributed by atoms with Gasteiger partial charge in [-0.3, -0.25) is 4.79 Å². The number of nitrogens with two attached hydrogens (primary N) is 2. The predicted molar refractivity (Wildman–Crippen MR) is 55.6 cm³/mol. The summed E-state index contributed by atoms with van der Waals surface area (Å²) in [6.45, 7) is -2.12. The molecule has 6 nitrogen and oxygen atoms in total. The minimum absolute atomic E-state index is 0.0677. The standard InChI is InChI=1S/C7H10F2N4O2S/c8-7(9,2-14)1-12-6-3(5(11)15)4(10)13-16-6/h12,14H,1-2H2,(H2,10,13)(H2,11,15). The van der Waals surface area contributed by atoms with Gasteiger partial charge in [-0.1, -0.05) is 0 Å². The van der Waals surface area contributed by atoms with Crippen molar-refractivity contribution in [2.75, 3.05) is 24.2 Å². The van der Waals surface area contributed by atoms with Crippen LogP contribution in [0.1, 0.15) is 10.4 Å². The number of primary amides is 1. The lowest BCUT2D eigenvalue weighted by molar-refractivity contribution is -0.0372. The Morgan fingerprint density at radius 3 is 2.75 bits per heavy atom. The second kappa shape index (κ2) is 4.58. The monoisotopic (exact) mass is 252 g/mol. The molecular formula is C7H10F2N4O2S. The largest absolute Gasteiger partial charge is 0.390 e. The number of amides is 1. The van der Waals surface area contributed by atoms with E-state index in [1.165, 1.54) is 0 Å². The van der Waals surface area contributed by atoms with Crippen LogP contribution in [-0.2, 0) is 0 Å². The molecule has 0 unspecified atom stereocenters. The van der Waals surface area contributed by atoms with Crippen LogP contribution in [0, 0.1) is 0 Å². The molecule has 0 saturated carbocycles. The minimum Gasteiger partial charge on any atom is -0.390 e. The smallest absolute Gasteiger partial charge is 0.287 e. The van der Waals surface area contributed by atoms with Crippen molar-refractivity contribution >= 4 is 28.3 Å². The van der Waals surface area contributed by atoms with E-state index in [0.717, 1.165) is 11.5 Å². The van der Waals surface area contributed by atoms with Crippen molar-refractivity contribution in [3.8, 4) is 0 Å². The van der Waals surface area contributed by atoms with E-state index in [1.807, 2.05) is 0 Å². The molecule has 0 aliphatic heterocycles. The fraction of sp³-hybridized carbons (Fsp3) is 0.429. The average Bonchev–Trinajstić information content (AvgIpc) is 2.57. The number of nitrogens with zero attached hydrogens (tertiary/aromatic N) is 1. The molecule has 0 aliphatic rings. The van der Waals surface area contributed by atoms with Crippen LogP contribution in [0.15, 0.2) is 0 Å². The van der Waals surface area contributed by atoms with Crippen molar-refractivity contribution in [2.24, 2.45) is 5.73 Å². The highest BCUT2D eigenvalue weighted by Crippen LogP contribution is 2.27. The summed E-state index contributed by atoms with van der Waals surface area (Å²) in [5, 5.41) is 10.7. The van der Waals surface area contributed by atoms with Gasteiger partial charge < -0.3 is 21.9 Å². The summed E-state index contributed by atoms with van der Waals surface area (Å²) < 4.78 is 29.0. The van der Waals surface area contributed by atoms with Gasteiger partial charge in [0.05, 0.1) is 6.54 Å². The maximum atomic E-state index is 12.7. The molecule has 0 aromatic carbocycles. The Hall–Kier alpha value is -1.48. The van der Waals surface area contributed by atoms with E-state index in [-0.39, 0.29) is 16.4 Å². The van der Waals surface area contributed by atoms with Gasteiger partial charge in [-0.25, -0.2) is 8.78 Å². The Labute approximate surface area is 93.4 Å². The second-order valence-electron chi connectivity index (χ2n) is 3.00. The molecule has 0 radical (unpaired) electrons. The SMILES string of the molecule is NC(=O)c1c(N)nsc1NCC(F)(F)CO. The molecule has 6 N–H and O–H groups in total. The third kappa shape index (κ3) is 2.76. The van der Waals surface area contributed by atoms with E-state index in [2.05, 4.69) is 9.69 Å². The highest BCUT2D eigenvalue weighted by atomic mass is 32.1. The Morgan fingerprint density at radius 1 is 1.62 bits per heavy atom. The number of carbonyl (C=O) groups is 1. The number of halogens is 2. The van der Waals surface area contributed by atoms with Crippen LogP contribution < -0.4 is 16.8 Å². The zero-order valence-electron chi connectivity index (χ0n) is 8.04. The van der Waals surface area contributed by atoms with Crippen molar-refractivity contribution < 1.29 is 18.7 Å². The normalized spacial score (nSPS) is 11.4. The van der Waals surface area contributed by atoms with E-state index < -0.39 is 25.0 Å². The molecule has 0 spiro atoms. The lowest BCUT2D eigenvalue weighted by Crippen LogP contribution is -2.31. The third-order valence-electron chi connectivity index (χ3n) is 1.70. The first-order valence-corrected chi connectivity index (χ1v) is 4.92. The molecule has 0 fully saturated rings. The maximum absolute atomic E-state index is 12.7. The quantitative estimate of drug-likeness (QED) is 0.582. The number of carbonyl (C=O) groups excluding carboxylic acids is 1. The van der Waals surface area contributed by atoms with Gasteiger partial charge >= 0.3 is 0 Å². The Morgan fingerprint density at radius 2 is 2.25 bits per heavy atom. The summed E-state index contributed by atoms with van der Waals surface area (Å²) in [7, 11) is 0. The highest BCUT2D eigenvalue weighted by Gasteiger charge is 2.28. The molecule has 90 valence electrons. The van der Waals surface area contributed by atoms with Gasteiger partial charge in [0.2, 0.25) is 0 Å². The number of alkyl halides is 2. The molecule has 1 aromatic heterocycles. The summed E-state index contributed by atoms with van der Waals surface area (Å²) >= 11 is 0.754. The molecule has 0 saturated heterocycles. The number of rotatable bonds is 5. The maximum Gasteiger partial charge on any atom is 0.287 e. The predicted octanol–water partition coefficient (Wildman–Crippen LogP) is -0.136. The molecule has 9 heteroatoms. The lowest BCUT2D eigenvalue weighted by atomic mass is 10.3. The number of aromatic nitrogens is 1. The fourth-order valence-electron chi connectivity index (χ4n) is 0.927. The van der Waals surface area contributed by atoms with E-state index in [9.17, 15) is 13.6 Å². The molecule has 0 aliphatic carbocycles. The molecule has 1 aromatic rings. The molecule has 1 amide bonds. The summed E-state index contributed by atoms with van der Waals surface area (Å²) in [6, 6.07) is 0. The van der Waals surface area contributed by atoms with Gasteiger partial charge in [-0.05, 0) is 11.5 Å². The van der Waals surface area contributed by atoms with Crippen molar-refractivity contribution in [3.05, 3.63) is 5.56 Å². The number of nitrogen functional groups attached to an aromatic ring is 1. The molecule has 1 rings (SSSR count).